The quantitative estimate of drug-likeness (QED) is 0.654. The van der Waals surface area contributed by atoms with Gasteiger partial charge in [0.15, 0.2) is 0 Å². The Balaban J connectivity index is 2.62. The number of rotatable bonds is 3. The molecular formula is C11H5Cl2F4NO. The minimum absolute atomic E-state index is 0.0589. The van der Waals surface area contributed by atoms with E-state index in [9.17, 15) is 22.4 Å². The van der Waals surface area contributed by atoms with Crippen molar-refractivity contribution in [1.29, 1.82) is 0 Å². The lowest BCUT2D eigenvalue weighted by molar-refractivity contribution is -0.0957. The van der Waals surface area contributed by atoms with E-state index in [-0.39, 0.29) is 20.9 Å². The Bertz CT molecular complexity index is 653. The summed E-state index contributed by atoms with van der Waals surface area (Å²) in [6.45, 7) is 0. The lowest BCUT2D eigenvalue weighted by atomic mass is 10.0. The van der Waals surface area contributed by atoms with Gasteiger partial charge >= 0.3 is 12.3 Å². The number of Topliss-reactive ketones (excluding diaryl/α,β-unsaturated/α-hetero) is 1. The second-order valence-electron chi connectivity index (χ2n) is 3.77. The average molecular weight is 314 g/mol. The van der Waals surface area contributed by atoms with Crippen LogP contribution in [0.1, 0.15) is 10.4 Å². The smallest absolute Gasteiger partial charge is 0.360 e. The highest BCUT2D eigenvalue weighted by molar-refractivity contribution is 6.39. The van der Waals surface area contributed by atoms with Crippen LogP contribution in [0.4, 0.5) is 17.6 Å². The van der Waals surface area contributed by atoms with Crippen LogP contribution >= 0.6 is 23.2 Å². The zero-order valence-electron chi connectivity index (χ0n) is 8.99. The van der Waals surface area contributed by atoms with Gasteiger partial charge in [-0.2, -0.15) is 8.78 Å². The van der Waals surface area contributed by atoms with Crippen LogP contribution in [0.25, 0.3) is 10.9 Å². The van der Waals surface area contributed by atoms with Crippen molar-refractivity contribution in [3.63, 3.8) is 0 Å². The lowest BCUT2D eigenvalue weighted by Crippen LogP contribution is -2.36. The van der Waals surface area contributed by atoms with Crippen molar-refractivity contribution in [2.24, 2.45) is 0 Å². The number of fused-ring (bicyclic) bond motifs is 1. The molecular weight excluding hydrogens is 309 g/mol. The zero-order valence-corrected chi connectivity index (χ0v) is 10.5. The Labute approximate surface area is 114 Å². The first-order valence-corrected chi connectivity index (χ1v) is 5.67. The van der Waals surface area contributed by atoms with Gasteiger partial charge in [-0.25, -0.2) is 8.78 Å². The number of nitrogens with one attached hydrogen (secondary N) is 1. The van der Waals surface area contributed by atoms with E-state index in [2.05, 4.69) is 4.98 Å². The first-order valence-electron chi connectivity index (χ1n) is 4.92. The molecule has 8 heteroatoms. The van der Waals surface area contributed by atoms with Crippen molar-refractivity contribution in [3.8, 4) is 0 Å². The molecule has 1 heterocycles. The van der Waals surface area contributed by atoms with Crippen molar-refractivity contribution >= 4 is 39.9 Å². The molecule has 1 aromatic carbocycles. The molecule has 2 rings (SSSR count). The van der Waals surface area contributed by atoms with Gasteiger partial charge in [-0.05, 0) is 12.1 Å². The van der Waals surface area contributed by atoms with Gasteiger partial charge in [0.2, 0.25) is 5.78 Å². The minimum atomic E-state index is -4.77. The number of aromatic amines is 1. The van der Waals surface area contributed by atoms with E-state index in [0.717, 1.165) is 6.20 Å². The standard InChI is InChI=1S/C11H5Cl2F4NO/c12-4-1-6(13)8-5(3-18-7(8)2-4)9(19)11(16,17)10(14)15/h1-3,10,18H. The highest BCUT2D eigenvalue weighted by Gasteiger charge is 2.49. The van der Waals surface area contributed by atoms with Gasteiger partial charge in [0, 0.05) is 22.1 Å². The summed E-state index contributed by atoms with van der Waals surface area (Å²) in [5.74, 6) is -6.75. The molecule has 1 aromatic heterocycles. The maximum atomic E-state index is 13.1. The number of alkyl halides is 4. The number of carbonyl (C=O) groups excluding carboxylic acids is 1. The molecule has 0 bridgehead atoms. The fourth-order valence-corrected chi connectivity index (χ4v) is 2.24. The van der Waals surface area contributed by atoms with E-state index in [1.54, 1.807) is 0 Å². The van der Waals surface area contributed by atoms with E-state index in [1.165, 1.54) is 12.1 Å². The minimum Gasteiger partial charge on any atom is -0.360 e. The number of carbonyl (C=O) groups is 1. The fraction of sp³-hybridized carbons (Fsp3) is 0.182. The zero-order chi connectivity index (χ0) is 14.4. The van der Waals surface area contributed by atoms with E-state index < -0.39 is 23.7 Å². The first kappa shape index (κ1) is 14.1. The molecule has 0 amide bonds. The third kappa shape index (κ3) is 2.30. The van der Waals surface area contributed by atoms with Crippen molar-refractivity contribution in [3.05, 3.63) is 33.9 Å². The Kier molecular flexibility index (Phi) is 3.49. The summed E-state index contributed by atoms with van der Waals surface area (Å²) in [5.41, 5.74) is -0.382. The van der Waals surface area contributed by atoms with Gasteiger partial charge < -0.3 is 4.98 Å². The van der Waals surface area contributed by atoms with Crippen LogP contribution in [0.3, 0.4) is 0 Å². The van der Waals surface area contributed by atoms with Crippen molar-refractivity contribution < 1.29 is 22.4 Å². The van der Waals surface area contributed by atoms with Gasteiger partial charge in [-0.3, -0.25) is 4.79 Å². The molecule has 2 aromatic rings. The summed E-state index contributed by atoms with van der Waals surface area (Å²) in [4.78, 5) is 14.0. The summed E-state index contributed by atoms with van der Waals surface area (Å²) in [7, 11) is 0. The van der Waals surface area contributed by atoms with Gasteiger partial charge in [-0.15, -0.1) is 0 Å². The highest BCUT2D eigenvalue weighted by Crippen LogP contribution is 2.35. The maximum absolute atomic E-state index is 13.1. The van der Waals surface area contributed by atoms with Crippen LogP contribution in [0.2, 0.25) is 10.0 Å². The lowest BCUT2D eigenvalue weighted by Gasteiger charge is -2.13. The summed E-state index contributed by atoms with van der Waals surface area (Å²) >= 11 is 11.5. The molecule has 102 valence electrons. The molecule has 19 heavy (non-hydrogen) atoms. The predicted octanol–water partition coefficient (Wildman–Crippen LogP) is 4.56. The van der Waals surface area contributed by atoms with Gasteiger partial charge in [0.05, 0.1) is 10.6 Å². The first-order chi connectivity index (χ1) is 8.75. The number of aromatic nitrogens is 1. The summed E-state index contributed by atoms with van der Waals surface area (Å²) in [6, 6.07) is 2.58. The number of H-pyrrole nitrogens is 1. The van der Waals surface area contributed by atoms with Crippen LogP contribution in [-0.2, 0) is 0 Å². The number of halogens is 6. The van der Waals surface area contributed by atoms with Gasteiger partial charge in [0.25, 0.3) is 0 Å². The molecule has 0 spiro atoms. The maximum Gasteiger partial charge on any atom is 0.368 e. The molecule has 0 radical (unpaired) electrons. The normalized spacial score (nSPS) is 12.4. The van der Waals surface area contributed by atoms with Crippen molar-refractivity contribution in [1.82, 2.24) is 4.98 Å². The number of ketones is 1. The Morgan fingerprint density at radius 3 is 2.47 bits per heavy atom. The molecule has 0 aliphatic heterocycles. The largest absolute Gasteiger partial charge is 0.368 e. The van der Waals surface area contributed by atoms with E-state index in [0.29, 0.717) is 0 Å². The van der Waals surface area contributed by atoms with Crippen LogP contribution in [0.5, 0.6) is 0 Å². The van der Waals surface area contributed by atoms with Gasteiger partial charge in [0.1, 0.15) is 0 Å². The predicted molar refractivity (Wildman–Crippen MR) is 63.6 cm³/mol. The third-order valence-electron chi connectivity index (χ3n) is 2.52. The number of hydrogen-bond donors (Lipinski definition) is 1. The molecule has 1 N–H and O–H groups in total. The second kappa shape index (κ2) is 4.68. The summed E-state index contributed by atoms with van der Waals surface area (Å²) in [6.07, 6.45) is -3.18. The van der Waals surface area contributed by atoms with E-state index in [1.807, 2.05) is 0 Å². The van der Waals surface area contributed by atoms with E-state index in [4.69, 9.17) is 23.2 Å². The SMILES string of the molecule is O=C(c1c[nH]c2cc(Cl)cc(Cl)c12)C(F)(F)C(F)F. The summed E-state index contributed by atoms with van der Waals surface area (Å²) < 4.78 is 50.5. The molecule has 0 aliphatic carbocycles. The molecule has 2 nitrogen and oxygen atoms in total. The molecule has 0 unspecified atom stereocenters. The molecule has 0 aliphatic rings. The van der Waals surface area contributed by atoms with Crippen molar-refractivity contribution in [2.75, 3.05) is 0 Å². The third-order valence-corrected chi connectivity index (χ3v) is 3.03. The van der Waals surface area contributed by atoms with E-state index >= 15 is 0 Å². The molecule has 0 atom stereocenters. The second-order valence-corrected chi connectivity index (χ2v) is 4.61. The van der Waals surface area contributed by atoms with Crippen molar-refractivity contribution in [2.45, 2.75) is 12.3 Å². The number of hydrogen-bond acceptors (Lipinski definition) is 1. The summed E-state index contributed by atoms with van der Waals surface area (Å²) in [5, 5.41) is 0.0903. The van der Waals surface area contributed by atoms with Crippen LogP contribution in [-0.4, -0.2) is 23.1 Å². The molecule has 0 saturated heterocycles. The van der Waals surface area contributed by atoms with Crippen LogP contribution < -0.4 is 0 Å². The van der Waals surface area contributed by atoms with Gasteiger partial charge in [-0.1, -0.05) is 23.2 Å². The molecule has 0 saturated carbocycles. The molecule has 0 fully saturated rings. The topological polar surface area (TPSA) is 32.9 Å². The van der Waals surface area contributed by atoms with Crippen LogP contribution in [0.15, 0.2) is 18.3 Å². The monoisotopic (exact) mass is 313 g/mol. The Hall–Kier alpha value is -1.27. The number of benzene rings is 1. The average Bonchev–Trinajstić information content (AvgIpc) is 2.71. The Morgan fingerprint density at radius 1 is 1.26 bits per heavy atom. The highest BCUT2D eigenvalue weighted by atomic mass is 35.5. The Morgan fingerprint density at radius 2 is 1.89 bits per heavy atom. The van der Waals surface area contributed by atoms with Crippen LogP contribution in [0, 0.1) is 0 Å². The fourth-order valence-electron chi connectivity index (χ4n) is 1.64.